The summed E-state index contributed by atoms with van der Waals surface area (Å²) in [5.41, 5.74) is 8.27. The van der Waals surface area contributed by atoms with E-state index >= 15 is 0 Å². The quantitative estimate of drug-likeness (QED) is 0.764. The van der Waals surface area contributed by atoms with Gasteiger partial charge in [-0.25, -0.2) is 0 Å². The van der Waals surface area contributed by atoms with Crippen LogP contribution in [0.5, 0.6) is 0 Å². The van der Waals surface area contributed by atoms with Crippen molar-refractivity contribution in [3.05, 3.63) is 69.8 Å². The first-order chi connectivity index (χ1) is 13.1. The number of hydrogen-bond donors (Lipinski definition) is 2. The van der Waals surface area contributed by atoms with Gasteiger partial charge in [-0.15, -0.1) is 0 Å². The van der Waals surface area contributed by atoms with Crippen molar-refractivity contribution in [2.75, 3.05) is 13.2 Å². The van der Waals surface area contributed by atoms with Crippen molar-refractivity contribution in [1.82, 2.24) is 0 Å². The molecular weight excluding hydrogens is 344 g/mol. The smallest absolute Gasteiger partial charge is 0.0472 e. The maximum Gasteiger partial charge on any atom is 0.0472 e. The molecule has 0 unspecified atom stereocenters. The van der Waals surface area contributed by atoms with Gasteiger partial charge in [-0.3, -0.25) is 0 Å². The third-order valence-electron chi connectivity index (χ3n) is 7.07. The Kier molecular flexibility index (Phi) is 4.52. The number of aliphatic hydroxyl groups is 2. The number of aliphatic hydroxyl groups excluding tert-OH is 2. The lowest BCUT2D eigenvalue weighted by atomic mass is 9.54. The highest BCUT2D eigenvalue weighted by molar-refractivity contribution is 5.59. The molecule has 2 N–H and O–H groups in total. The first kappa shape index (κ1) is 19.7. The Morgan fingerprint density at radius 2 is 0.964 bits per heavy atom. The minimum absolute atomic E-state index is 0.0747. The number of hydrogen-bond acceptors (Lipinski definition) is 2. The second-order valence-corrected chi connectivity index (χ2v) is 10.8. The van der Waals surface area contributed by atoms with Gasteiger partial charge in [0.25, 0.3) is 0 Å². The van der Waals surface area contributed by atoms with Gasteiger partial charge in [0, 0.05) is 25.0 Å². The van der Waals surface area contributed by atoms with Gasteiger partial charge >= 0.3 is 0 Å². The van der Waals surface area contributed by atoms with Crippen molar-refractivity contribution in [2.24, 2.45) is 11.8 Å². The highest BCUT2D eigenvalue weighted by Gasteiger charge is 2.49. The lowest BCUT2D eigenvalue weighted by Crippen LogP contribution is -2.43. The zero-order valence-corrected chi connectivity index (χ0v) is 18.1. The van der Waals surface area contributed by atoms with Crippen LogP contribution in [-0.4, -0.2) is 23.4 Å². The molecule has 0 aromatic heterocycles. The molecule has 0 spiro atoms. The molecule has 0 saturated carbocycles. The predicted molar refractivity (Wildman–Crippen MR) is 115 cm³/mol. The summed E-state index contributed by atoms with van der Waals surface area (Å²) in [5, 5.41) is 20.5. The predicted octanol–water partition coefficient (Wildman–Crippen LogP) is 5.09. The van der Waals surface area contributed by atoms with Crippen LogP contribution in [0.3, 0.4) is 0 Å². The number of fused-ring (bicyclic) bond motifs is 1. The zero-order chi connectivity index (χ0) is 20.4. The molecule has 4 atom stereocenters. The summed E-state index contributed by atoms with van der Waals surface area (Å²) in [7, 11) is 0. The van der Waals surface area contributed by atoms with Crippen LogP contribution in [0, 0.1) is 11.8 Å². The van der Waals surface area contributed by atoms with Gasteiger partial charge in [-0.2, -0.15) is 0 Å². The molecule has 0 fully saturated rings. The topological polar surface area (TPSA) is 40.5 Å². The van der Waals surface area contributed by atoms with Crippen molar-refractivity contribution in [1.29, 1.82) is 0 Å². The second kappa shape index (κ2) is 6.43. The fourth-order valence-electron chi connectivity index (χ4n) is 5.42. The maximum absolute atomic E-state index is 10.3. The maximum atomic E-state index is 10.3. The standard InChI is InChI=1S/C26H34O2/c1-25(2,3)15-7-9-17-19(11-15)23-18-10-8-16(26(4,5)6)12-20(18)24(17)22(14-28)21(23)13-27/h7-12,21-24,27-28H,13-14H2,1-6H3/t21-,22-,23+,24+/m1/s1. The van der Waals surface area contributed by atoms with Gasteiger partial charge in [0.15, 0.2) is 0 Å². The normalized spacial score (nSPS) is 26.1. The molecule has 0 heterocycles. The average molecular weight is 379 g/mol. The minimum Gasteiger partial charge on any atom is -0.396 e. The van der Waals surface area contributed by atoms with E-state index < -0.39 is 0 Å². The van der Waals surface area contributed by atoms with E-state index in [1.54, 1.807) is 0 Å². The molecule has 0 saturated heterocycles. The Hall–Kier alpha value is -1.64. The van der Waals surface area contributed by atoms with Gasteiger partial charge in [-0.1, -0.05) is 77.9 Å². The van der Waals surface area contributed by atoms with Crippen LogP contribution >= 0.6 is 0 Å². The average Bonchev–Trinajstić information content (AvgIpc) is 2.64. The van der Waals surface area contributed by atoms with Crippen molar-refractivity contribution in [2.45, 2.75) is 64.2 Å². The van der Waals surface area contributed by atoms with Crippen molar-refractivity contribution in [3.63, 3.8) is 0 Å². The summed E-state index contributed by atoms with van der Waals surface area (Å²) in [4.78, 5) is 0. The van der Waals surface area contributed by atoms with E-state index in [9.17, 15) is 10.2 Å². The molecular formula is C26H34O2. The van der Waals surface area contributed by atoms with Gasteiger partial charge in [0.2, 0.25) is 0 Å². The van der Waals surface area contributed by atoms with Crippen molar-refractivity contribution in [3.8, 4) is 0 Å². The molecule has 2 aromatic carbocycles. The van der Waals surface area contributed by atoms with E-state index in [-0.39, 0.29) is 47.7 Å². The molecule has 2 nitrogen and oxygen atoms in total. The van der Waals surface area contributed by atoms with E-state index in [4.69, 9.17) is 0 Å². The Labute approximate surface area is 169 Å². The van der Waals surface area contributed by atoms with Crippen LogP contribution in [0.4, 0.5) is 0 Å². The summed E-state index contributed by atoms with van der Waals surface area (Å²) in [6.45, 7) is 13.7. The van der Waals surface area contributed by atoms with Gasteiger partial charge in [0.1, 0.15) is 0 Å². The van der Waals surface area contributed by atoms with E-state index in [2.05, 4.69) is 77.9 Å². The summed E-state index contributed by atoms with van der Waals surface area (Å²) in [6.07, 6.45) is 0. The minimum atomic E-state index is 0.0747. The Morgan fingerprint density at radius 3 is 1.25 bits per heavy atom. The largest absolute Gasteiger partial charge is 0.396 e. The summed E-state index contributed by atoms with van der Waals surface area (Å²) < 4.78 is 0. The van der Waals surface area contributed by atoms with Crippen LogP contribution in [0.15, 0.2) is 36.4 Å². The van der Waals surface area contributed by atoms with Crippen LogP contribution in [-0.2, 0) is 10.8 Å². The highest BCUT2D eigenvalue weighted by atomic mass is 16.3. The van der Waals surface area contributed by atoms with Gasteiger partial charge in [-0.05, 0) is 56.0 Å². The SMILES string of the molecule is CC(C)(C)c1ccc2c(c1)[C@@H]1c3ccc(C(C)(C)C)cc3[C@H]2[C@H](CO)[C@H]1CO. The molecule has 3 aliphatic carbocycles. The monoisotopic (exact) mass is 378 g/mol. The van der Waals surface area contributed by atoms with E-state index in [0.717, 1.165) is 0 Å². The van der Waals surface area contributed by atoms with E-state index in [1.165, 1.54) is 33.4 Å². The summed E-state index contributed by atoms with van der Waals surface area (Å²) in [5.74, 6) is 0.471. The third kappa shape index (κ3) is 2.84. The van der Waals surface area contributed by atoms with E-state index in [0.29, 0.717) is 0 Å². The number of rotatable bonds is 2. The van der Waals surface area contributed by atoms with Gasteiger partial charge in [0.05, 0.1) is 0 Å². The first-order valence-corrected chi connectivity index (χ1v) is 10.6. The first-order valence-electron chi connectivity index (χ1n) is 10.6. The molecule has 28 heavy (non-hydrogen) atoms. The molecule has 0 radical (unpaired) electrons. The Morgan fingerprint density at radius 1 is 0.607 bits per heavy atom. The molecule has 0 amide bonds. The fourth-order valence-corrected chi connectivity index (χ4v) is 5.42. The molecule has 5 rings (SSSR count). The Balaban J connectivity index is 1.96. The molecule has 150 valence electrons. The lowest BCUT2D eigenvalue weighted by molar-refractivity contribution is 0.0807. The molecule has 0 aliphatic heterocycles. The van der Waals surface area contributed by atoms with Crippen LogP contribution in [0.1, 0.15) is 86.8 Å². The highest BCUT2D eigenvalue weighted by Crippen LogP contribution is 2.58. The number of benzene rings is 2. The summed E-state index contributed by atoms with van der Waals surface area (Å²) in [6, 6.07) is 13.8. The van der Waals surface area contributed by atoms with Crippen molar-refractivity contribution < 1.29 is 10.2 Å². The zero-order valence-electron chi connectivity index (χ0n) is 18.1. The van der Waals surface area contributed by atoms with Crippen LogP contribution in [0.2, 0.25) is 0 Å². The lowest BCUT2D eigenvalue weighted by Gasteiger charge is -2.50. The van der Waals surface area contributed by atoms with Crippen LogP contribution < -0.4 is 0 Å². The Bertz CT molecular complexity index is 822. The third-order valence-corrected chi connectivity index (χ3v) is 7.07. The molecule has 2 aromatic rings. The van der Waals surface area contributed by atoms with Gasteiger partial charge < -0.3 is 10.2 Å². The second-order valence-electron chi connectivity index (χ2n) is 10.8. The molecule has 3 aliphatic rings. The van der Waals surface area contributed by atoms with Crippen LogP contribution in [0.25, 0.3) is 0 Å². The molecule has 2 heteroatoms. The van der Waals surface area contributed by atoms with Crippen molar-refractivity contribution >= 4 is 0 Å². The molecule has 2 bridgehead atoms. The van der Waals surface area contributed by atoms with E-state index in [1.807, 2.05) is 0 Å². The fraction of sp³-hybridized carbons (Fsp3) is 0.538. The summed E-state index contributed by atoms with van der Waals surface area (Å²) >= 11 is 0.